The fraction of sp³-hybridized carbons (Fsp3) is 1.00. The van der Waals surface area contributed by atoms with Crippen molar-refractivity contribution in [3.63, 3.8) is 0 Å². The van der Waals surface area contributed by atoms with E-state index in [2.05, 4.69) is 22.3 Å². The molecule has 2 aliphatic rings. The van der Waals surface area contributed by atoms with Crippen LogP contribution in [0.4, 0.5) is 0 Å². The molecule has 1 unspecified atom stereocenters. The molecule has 0 spiro atoms. The standard InChI is InChI=1S/C10H22N4O2S/c1-12-5-7-13(8-6-12)14-4-3-11-9-10(14)17(2,15)16/h10-11H,3-9H2,1-2H3. The van der Waals surface area contributed by atoms with Crippen LogP contribution in [-0.4, -0.2) is 87.8 Å². The molecule has 1 atom stereocenters. The number of nitrogens with one attached hydrogen (secondary N) is 1. The van der Waals surface area contributed by atoms with Crippen LogP contribution >= 0.6 is 0 Å². The minimum Gasteiger partial charge on any atom is -0.313 e. The third kappa shape index (κ3) is 3.17. The summed E-state index contributed by atoms with van der Waals surface area (Å²) in [5.41, 5.74) is 0. The van der Waals surface area contributed by atoms with Crippen molar-refractivity contribution in [2.24, 2.45) is 0 Å². The zero-order chi connectivity index (χ0) is 12.5. The van der Waals surface area contributed by atoms with Gasteiger partial charge in [-0.15, -0.1) is 0 Å². The summed E-state index contributed by atoms with van der Waals surface area (Å²) in [5, 5.41) is 7.00. The zero-order valence-electron chi connectivity index (χ0n) is 10.6. The fourth-order valence-corrected chi connectivity index (χ4v) is 3.52. The van der Waals surface area contributed by atoms with Crippen LogP contribution in [0.15, 0.2) is 0 Å². The van der Waals surface area contributed by atoms with Crippen molar-refractivity contribution in [1.82, 2.24) is 20.2 Å². The molecule has 100 valence electrons. The summed E-state index contributed by atoms with van der Waals surface area (Å²) >= 11 is 0. The predicted molar refractivity (Wildman–Crippen MR) is 67.3 cm³/mol. The number of hydrazine groups is 1. The fourth-order valence-electron chi connectivity index (χ4n) is 2.42. The van der Waals surface area contributed by atoms with Crippen LogP contribution in [0.2, 0.25) is 0 Å². The topological polar surface area (TPSA) is 55.9 Å². The first-order chi connectivity index (χ1) is 7.98. The Morgan fingerprint density at radius 3 is 2.35 bits per heavy atom. The smallest absolute Gasteiger partial charge is 0.166 e. The van der Waals surface area contributed by atoms with Crippen LogP contribution in [0, 0.1) is 0 Å². The van der Waals surface area contributed by atoms with Crippen molar-refractivity contribution in [1.29, 1.82) is 0 Å². The molecule has 17 heavy (non-hydrogen) atoms. The second-order valence-corrected chi connectivity index (χ2v) is 7.11. The lowest BCUT2D eigenvalue weighted by atomic mass is 10.3. The molecule has 0 saturated carbocycles. The average molecular weight is 262 g/mol. The second-order valence-electron chi connectivity index (χ2n) is 4.91. The van der Waals surface area contributed by atoms with Crippen LogP contribution in [0.25, 0.3) is 0 Å². The van der Waals surface area contributed by atoms with Gasteiger partial charge in [0, 0.05) is 52.1 Å². The molecule has 1 N–H and O–H groups in total. The van der Waals surface area contributed by atoms with Crippen molar-refractivity contribution in [3.8, 4) is 0 Å². The van der Waals surface area contributed by atoms with Crippen LogP contribution in [0.1, 0.15) is 0 Å². The van der Waals surface area contributed by atoms with Gasteiger partial charge in [0.05, 0.1) is 0 Å². The van der Waals surface area contributed by atoms with Gasteiger partial charge in [0.2, 0.25) is 0 Å². The van der Waals surface area contributed by atoms with Gasteiger partial charge in [-0.25, -0.2) is 18.4 Å². The molecule has 2 rings (SSSR count). The van der Waals surface area contributed by atoms with E-state index in [1.165, 1.54) is 6.26 Å². The molecule has 0 aromatic carbocycles. The highest BCUT2D eigenvalue weighted by Crippen LogP contribution is 2.14. The van der Waals surface area contributed by atoms with Crippen molar-refractivity contribution in [3.05, 3.63) is 0 Å². The normalized spacial score (nSPS) is 30.6. The molecule has 0 bridgehead atoms. The van der Waals surface area contributed by atoms with Gasteiger partial charge in [-0.05, 0) is 7.05 Å². The first-order valence-corrected chi connectivity index (χ1v) is 8.03. The van der Waals surface area contributed by atoms with Crippen molar-refractivity contribution >= 4 is 9.84 Å². The van der Waals surface area contributed by atoms with E-state index < -0.39 is 15.2 Å². The summed E-state index contributed by atoms with van der Waals surface area (Å²) in [4.78, 5) is 2.27. The number of nitrogens with zero attached hydrogens (tertiary/aromatic N) is 3. The molecular weight excluding hydrogens is 240 g/mol. The van der Waals surface area contributed by atoms with E-state index in [1.807, 2.05) is 5.01 Å². The number of hydrogen-bond donors (Lipinski definition) is 1. The molecule has 0 radical (unpaired) electrons. The van der Waals surface area contributed by atoms with Crippen LogP contribution in [-0.2, 0) is 9.84 Å². The first-order valence-electron chi connectivity index (χ1n) is 6.08. The van der Waals surface area contributed by atoms with Gasteiger partial charge in [-0.3, -0.25) is 0 Å². The minimum absolute atomic E-state index is 0.403. The highest BCUT2D eigenvalue weighted by molar-refractivity contribution is 7.91. The molecule has 2 aliphatic heterocycles. The Balaban J connectivity index is 2.06. The van der Waals surface area contributed by atoms with E-state index in [9.17, 15) is 8.42 Å². The van der Waals surface area contributed by atoms with Crippen LogP contribution in [0.3, 0.4) is 0 Å². The molecule has 2 heterocycles. The van der Waals surface area contributed by atoms with E-state index >= 15 is 0 Å². The van der Waals surface area contributed by atoms with E-state index in [1.54, 1.807) is 0 Å². The van der Waals surface area contributed by atoms with Crippen molar-refractivity contribution in [2.45, 2.75) is 5.37 Å². The molecule has 6 nitrogen and oxygen atoms in total. The SMILES string of the molecule is CN1CCN(N2CCNCC2S(C)(=O)=O)CC1. The largest absolute Gasteiger partial charge is 0.313 e. The predicted octanol–water partition coefficient (Wildman–Crippen LogP) is -1.58. The van der Waals surface area contributed by atoms with Crippen LogP contribution < -0.4 is 5.32 Å². The third-order valence-electron chi connectivity index (χ3n) is 3.51. The lowest BCUT2D eigenvalue weighted by molar-refractivity contribution is -0.0716. The number of hydrogen-bond acceptors (Lipinski definition) is 6. The number of sulfone groups is 1. The maximum absolute atomic E-state index is 11.8. The molecule has 2 fully saturated rings. The summed E-state index contributed by atoms with van der Waals surface area (Å²) in [7, 11) is -0.929. The van der Waals surface area contributed by atoms with Gasteiger partial charge in [-0.1, -0.05) is 0 Å². The average Bonchev–Trinajstić information content (AvgIpc) is 2.29. The van der Waals surface area contributed by atoms with E-state index in [0.717, 1.165) is 39.3 Å². The summed E-state index contributed by atoms with van der Waals surface area (Å²) in [6.07, 6.45) is 1.33. The Morgan fingerprint density at radius 1 is 1.12 bits per heavy atom. The highest BCUT2D eigenvalue weighted by Gasteiger charge is 2.34. The summed E-state index contributed by atoms with van der Waals surface area (Å²) in [5.74, 6) is 0. The maximum atomic E-state index is 11.8. The molecule has 7 heteroatoms. The molecule has 0 aliphatic carbocycles. The Labute approximate surface area is 103 Å². The quantitative estimate of drug-likeness (QED) is 0.648. The highest BCUT2D eigenvalue weighted by atomic mass is 32.2. The number of likely N-dealkylation sites (N-methyl/N-ethyl adjacent to an activating group) is 1. The van der Waals surface area contributed by atoms with Gasteiger partial charge >= 0.3 is 0 Å². The maximum Gasteiger partial charge on any atom is 0.166 e. The van der Waals surface area contributed by atoms with Gasteiger partial charge < -0.3 is 10.2 Å². The third-order valence-corrected chi connectivity index (χ3v) is 4.90. The Hall–Kier alpha value is -0.210. The Morgan fingerprint density at radius 2 is 1.76 bits per heavy atom. The van der Waals surface area contributed by atoms with Gasteiger partial charge in [0.1, 0.15) is 5.37 Å². The monoisotopic (exact) mass is 262 g/mol. The molecule has 0 aromatic rings. The Kier molecular flexibility index (Phi) is 4.04. The molecule has 0 aromatic heterocycles. The second kappa shape index (κ2) is 5.19. The molecular formula is C10H22N4O2S. The number of piperazine rings is 2. The first kappa shape index (κ1) is 13.2. The van der Waals surface area contributed by atoms with Crippen molar-refractivity contribution < 1.29 is 8.42 Å². The lowest BCUT2D eigenvalue weighted by Gasteiger charge is -2.45. The minimum atomic E-state index is -3.03. The van der Waals surface area contributed by atoms with E-state index in [-0.39, 0.29) is 0 Å². The van der Waals surface area contributed by atoms with Crippen LogP contribution in [0.5, 0.6) is 0 Å². The van der Waals surface area contributed by atoms with Gasteiger partial charge in [0.25, 0.3) is 0 Å². The van der Waals surface area contributed by atoms with Crippen molar-refractivity contribution in [2.75, 3.05) is 59.1 Å². The lowest BCUT2D eigenvalue weighted by Crippen LogP contribution is -2.63. The summed E-state index contributed by atoms with van der Waals surface area (Å²) in [6.45, 7) is 6.01. The van der Waals surface area contributed by atoms with E-state index in [0.29, 0.717) is 6.54 Å². The summed E-state index contributed by atoms with van der Waals surface area (Å²) < 4.78 is 23.6. The van der Waals surface area contributed by atoms with Gasteiger partial charge in [-0.2, -0.15) is 0 Å². The van der Waals surface area contributed by atoms with E-state index in [4.69, 9.17) is 0 Å². The van der Waals surface area contributed by atoms with Gasteiger partial charge in [0.15, 0.2) is 9.84 Å². The molecule has 0 amide bonds. The molecule has 2 saturated heterocycles. The zero-order valence-corrected chi connectivity index (χ0v) is 11.4. The summed E-state index contributed by atoms with van der Waals surface area (Å²) in [6, 6.07) is 0. The Bertz CT molecular complexity index is 351. The number of rotatable bonds is 2.